The Bertz CT molecular complexity index is 934. The van der Waals surface area contributed by atoms with Crippen LogP contribution in [0.1, 0.15) is 16.1 Å². The van der Waals surface area contributed by atoms with Crippen molar-refractivity contribution in [2.75, 3.05) is 0 Å². The Kier molecular flexibility index (Phi) is 3.42. The van der Waals surface area contributed by atoms with E-state index in [4.69, 9.17) is 0 Å². The Morgan fingerprint density at radius 3 is 2.55 bits per heavy atom. The highest BCUT2D eigenvalue weighted by molar-refractivity contribution is 6.01. The number of carbonyl (C=O) groups is 1. The Labute approximate surface area is 124 Å². The molecule has 0 radical (unpaired) electrons. The zero-order chi connectivity index (χ0) is 15.7. The molecule has 0 aliphatic heterocycles. The van der Waals surface area contributed by atoms with Gasteiger partial charge >= 0.3 is 5.97 Å². The molecule has 0 saturated carbocycles. The van der Waals surface area contributed by atoms with Gasteiger partial charge in [-0.3, -0.25) is 4.79 Å². The van der Waals surface area contributed by atoms with Crippen molar-refractivity contribution in [3.8, 4) is 0 Å². The molecule has 0 amide bonds. The number of carboxylic acid groups (broad SMARTS) is 1. The molecule has 1 N–H and O–H groups in total. The first-order valence-corrected chi connectivity index (χ1v) is 6.54. The average molecular weight is 298 g/mol. The van der Waals surface area contributed by atoms with E-state index in [0.29, 0.717) is 5.56 Å². The summed E-state index contributed by atoms with van der Waals surface area (Å²) < 4.78 is 14.3. The van der Waals surface area contributed by atoms with Gasteiger partial charge in [0, 0.05) is 5.39 Å². The quantitative estimate of drug-likeness (QED) is 0.805. The second-order valence-electron chi connectivity index (χ2n) is 4.79. The minimum Gasteiger partial charge on any atom is -0.476 e. The van der Waals surface area contributed by atoms with E-state index in [-0.39, 0.29) is 23.0 Å². The highest BCUT2D eigenvalue weighted by Crippen LogP contribution is 2.14. The summed E-state index contributed by atoms with van der Waals surface area (Å²) in [6, 6.07) is 12.1. The molecular formula is C16H11FN2O3. The van der Waals surface area contributed by atoms with Crippen LogP contribution in [0.3, 0.4) is 0 Å². The molecule has 2 aromatic carbocycles. The van der Waals surface area contributed by atoms with Crippen LogP contribution in [0.2, 0.25) is 0 Å². The molecular weight excluding hydrogens is 287 g/mol. The normalized spacial score (nSPS) is 10.8. The summed E-state index contributed by atoms with van der Waals surface area (Å²) in [6.45, 7) is 0.00169. The van der Waals surface area contributed by atoms with E-state index in [1.165, 1.54) is 18.2 Å². The van der Waals surface area contributed by atoms with E-state index >= 15 is 0 Å². The number of rotatable bonds is 3. The summed E-state index contributed by atoms with van der Waals surface area (Å²) in [6.07, 6.45) is 0. The molecule has 3 aromatic rings. The van der Waals surface area contributed by atoms with Gasteiger partial charge < -0.3 is 5.11 Å². The Balaban J connectivity index is 2.20. The van der Waals surface area contributed by atoms with Crippen molar-refractivity contribution in [3.05, 3.63) is 76.0 Å². The molecule has 0 atom stereocenters. The van der Waals surface area contributed by atoms with E-state index in [0.717, 1.165) is 4.68 Å². The number of aromatic nitrogens is 2. The van der Waals surface area contributed by atoms with E-state index < -0.39 is 17.3 Å². The number of aromatic carboxylic acids is 1. The lowest BCUT2D eigenvalue weighted by molar-refractivity contribution is 0.0690. The summed E-state index contributed by atoms with van der Waals surface area (Å²) in [5, 5.41) is 13.7. The molecule has 0 aliphatic carbocycles. The lowest BCUT2D eigenvalue weighted by Crippen LogP contribution is -2.26. The standard InChI is InChI=1S/C16H11FN2O3/c17-11-5-3-4-10(8-11)9-19-15(20)13-7-2-1-6-12(13)14(18-19)16(21)22/h1-8H,9H2,(H,21,22). The molecule has 0 spiro atoms. The van der Waals surface area contributed by atoms with Crippen molar-refractivity contribution >= 4 is 16.7 Å². The molecule has 0 unspecified atom stereocenters. The Morgan fingerprint density at radius 2 is 1.86 bits per heavy atom. The van der Waals surface area contributed by atoms with Gasteiger partial charge in [-0.25, -0.2) is 13.9 Å². The van der Waals surface area contributed by atoms with Gasteiger partial charge in [0.15, 0.2) is 5.69 Å². The van der Waals surface area contributed by atoms with Crippen LogP contribution in [0, 0.1) is 5.82 Å². The number of benzene rings is 2. The molecule has 3 rings (SSSR count). The number of carboxylic acids is 1. The van der Waals surface area contributed by atoms with Crippen LogP contribution in [-0.2, 0) is 6.54 Å². The van der Waals surface area contributed by atoms with E-state index in [9.17, 15) is 19.1 Å². The number of fused-ring (bicyclic) bond motifs is 1. The number of hydrogen-bond acceptors (Lipinski definition) is 3. The molecule has 5 nitrogen and oxygen atoms in total. The fourth-order valence-corrected chi connectivity index (χ4v) is 2.31. The highest BCUT2D eigenvalue weighted by Gasteiger charge is 2.15. The van der Waals surface area contributed by atoms with Crippen molar-refractivity contribution in [2.45, 2.75) is 6.54 Å². The molecule has 1 heterocycles. The van der Waals surface area contributed by atoms with E-state index in [1.807, 2.05) is 0 Å². The summed E-state index contributed by atoms with van der Waals surface area (Å²) in [7, 11) is 0. The van der Waals surface area contributed by atoms with E-state index in [2.05, 4.69) is 5.10 Å². The summed E-state index contributed by atoms with van der Waals surface area (Å²) in [4.78, 5) is 23.8. The van der Waals surface area contributed by atoms with Crippen LogP contribution in [0.15, 0.2) is 53.3 Å². The third-order valence-electron chi connectivity index (χ3n) is 3.29. The van der Waals surface area contributed by atoms with E-state index in [1.54, 1.807) is 30.3 Å². The molecule has 0 aliphatic rings. The second-order valence-corrected chi connectivity index (χ2v) is 4.79. The average Bonchev–Trinajstić information content (AvgIpc) is 2.50. The first-order chi connectivity index (χ1) is 10.6. The van der Waals surface area contributed by atoms with Crippen LogP contribution in [-0.4, -0.2) is 20.9 Å². The van der Waals surface area contributed by atoms with Gasteiger partial charge in [-0.05, 0) is 23.8 Å². The first kappa shape index (κ1) is 13.9. The third kappa shape index (κ3) is 2.46. The number of hydrogen-bond donors (Lipinski definition) is 1. The van der Waals surface area contributed by atoms with Gasteiger partial charge in [-0.15, -0.1) is 0 Å². The minimum absolute atomic E-state index is 0.00169. The maximum absolute atomic E-state index is 13.2. The van der Waals surface area contributed by atoms with Gasteiger partial charge in [0.1, 0.15) is 5.82 Å². The zero-order valence-corrected chi connectivity index (χ0v) is 11.4. The van der Waals surface area contributed by atoms with Crippen molar-refractivity contribution in [2.24, 2.45) is 0 Å². The first-order valence-electron chi connectivity index (χ1n) is 6.54. The Hall–Kier alpha value is -3.02. The van der Waals surface area contributed by atoms with Crippen LogP contribution >= 0.6 is 0 Å². The lowest BCUT2D eigenvalue weighted by atomic mass is 10.1. The van der Waals surface area contributed by atoms with Crippen molar-refractivity contribution in [1.29, 1.82) is 0 Å². The highest BCUT2D eigenvalue weighted by atomic mass is 19.1. The maximum atomic E-state index is 13.2. The van der Waals surface area contributed by atoms with Crippen molar-refractivity contribution in [3.63, 3.8) is 0 Å². The lowest BCUT2D eigenvalue weighted by Gasteiger charge is -2.09. The molecule has 1 aromatic heterocycles. The summed E-state index contributed by atoms with van der Waals surface area (Å²) in [5.74, 6) is -1.64. The van der Waals surface area contributed by atoms with Gasteiger partial charge in [-0.1, -0.05) is 30.3 Å². The fourth-order valence-electron chi connectivity index (χ4n) is 2.31. The SMILES string of the molecule is O=C(O)c1nn(Cc2cccc(F)c2)c(=O)c2ccccc12. The predicted molar refractivity (Wildman–Crippen MR) is 78.5 cm³/mol. The van der Waals surface area contributed by atoms with Crippen LogP contribution in [0.4, 0.5) is 4.39 Å². The number of nitrogens with zero attached hydrogens (tertiary/aromatic N) is 2. The minimum atomic E-state index is -1.22. The maximum Gasteiger partial charge on any atom is 0.357 e. The molecule has 6 heteroatoms. The topological polar surface area (TPSA) is 72.2 Å². The zero-order valence-electron chi connectivity index (χ0n) is 11.4. The molecule has 0 fully saturated rings. The van der Waals surface area contributed by atoms with Gasteiger partial charge in [0.2, 0.25) is 0 Å². The second kappa shape index (κ2) is 5.40. The molecule has 0 bridgehead atoms. The van der Waals surface area contributed by atoms with Gasteiger partial charge in [0.25, 0.3) is 5.56 Å². The number of halogens is 1. The smallest absolute Gasteiger partial charge is 0.357 e. The van der Waals surface area contributed by atoms with Crippen LogP contribution in [0.5, 0.6) is 0 Å². The molecule has 110 valence electrons. The molecule has 0 saturated heterocycles. The van der Waals surface area contributed by atoms with Crippen molar-refractivity contribution < 1.29 is 14.3 Å². The summed E-state index contributed by atoms with van der Waals surface area (Å²) in [5.41, 5.74) is -0.0855. The van der Waals surface area contributed by atoms with Gasteiger partial charge in [-0.2, -0.15) is 5.10 Å². The molecule has 22 heavy (non-hydrogen) atoms. The monoisotopic (exact) mass is 298 g/mol. The Morgan fingerprint density at radius 1 is 1.14 bits per heavy atom. The summed E-state index contributed by atoms with van der Waals surface area (Å²) >= 11 is 0. The van der Waals surface area contributed by atoms with Crippen LogP contribution in [0.25, 0.3) is 10.8 Å². The van der Waals surface area contributed by atoms with Crippen molar-refractivity contribution in [1.82, 2.24) is 9.78 Å². The van der Waals surface area contributed by atoms with Crippen LogP contribution < -0.4 is 5.56 Å². The van der Waals surface area contributed by atoms with Gasteiger partial charge in [0.05, 0.1) is 11.9 Å². The predicted octanol–water partition coefficient (Wildman–Crippen LogP) is 2.28. The fraction of sp³-hybridized carbons (Fsp3) is 0.0625. The largest absolute Gasteiger partial charge is 0.476 e. The third-order valence-corrected chi connectivity index (χ3v) is 3.29.